The third-order valence-corrected chi connectivity index (χ3v) is 3.42. The average molecular weight is 298 g/mol. The highest BCUT2D eigenvalue weighted by Crippen LogP contribution is 2.14. The number of hydrogen-bond acceptors (Lipinski definition) is 4. The molecule has 0 aliphatic rings. The third kappa shape index (κ3) is 4.28. The Morgan fingerprint density at radius 3 is 2.77 bits per heavy atom. The van der Waals surface area contributed by atoms with Gasteiger partial charge < -0.3 is 10.2 Å². The van der Waals surface area contributed by atoms with Crippen LogP contribution in [0.2, 0.25) is 0 Å². The molecule has 0 atom stereocenters. The van der Waals surface area contributed by atoms with Gasteiger partial charge in [-0.2, -0.15) is 0 Å². The summed E-state index contributed by atoms with van der Waals surface area (Å²) in [5.74, 6) is 0.438. The van der Waals surface area contributed by atoms with E-state index in [0.717, 1.165) is 13.1 Å². The predicted octanol–water partition coefficient (Wildman–Crippen LogP) is 2.35. The maximum Gasteiger partial charge on any atom is 0.270 e. The van der Waals surface area contributed by atoms with Gasteiger partial charge in [-0.15, -0.1) is 0 Å². The van der Waals surface area contributed by atoms with E-state index < -0.39 is 0 Å². The van der Waals surface area contributed by atoms with Crippen molar-refractivity contribution in [3.8, 4) is 0 Å². The smallest absolute Gasteiger partial charge is 0.270 e. The normalized spacial score (nSPS) is 10.3. The number of aromatic nitrogens is 2. The molecule has 0 fully saturated rings. The second-order valence-electron chi connectivity index (χ2n) is 5.16. The van der Waals surface area contributed by atoms with Crippen LogP contribution in [0.25, 0.3) is 0 Å². The molecule has 22 heavy (non-hydrogen) atoms. The topological polar surface area (TPSA) is 58.1 Å². The number of hydrogen-bond donors (Lipinski definition) is 1. The van der Waals surface area contributed by atoms with Gasteiger partial charge in [0.15, 0.2) is 0 Å². The minimum Gasteiger partial charge on any atom is -0.370 e. The van der Waals surface area contributed by atoms with Crippen molar-refractivity contribution >= 4 is 11.6 Å². The fraction of sp³-hybridized carbons (Fsp3) is 0.353. The van der Waals surface area contributed by atoms with Gasteiger partial charge in [-0.3, -0.25) is 4.79 Å². The molecule has 0 radical (unpaired) electrons. The van der Waals surface area contributed by atoms with Crippen LogP contribution in [0.5, 0.6) is 0 Å². The van der Waals surface area contributed by atoms with E-state index in [4.69, 9.17) is 0 Å². The molecule has 1 amide bonds. The zero-order valence-electron chi connectivity index (χ0n) is 13.3. The van der Waals surface area contributed by atoms with Crippen LogP contribution in [0.3, 0.4) is 0 Å². The first-order chi connectivity index (χ1) is 10.6. The highest BCUT2D eigenvalue weighted by molar-refractivity contribution is 5.92. The van der Waals surface area contributed by atoms with Gasteiger partial charge in [0.05, 0.1) is 0 Å². The van der Waals surface area contributed by atoms with Crippen molar-refractivity contribution in [2.45, 2.75) is 20.8 Å². The lowest BCUT2D eigenvalue weighted by Gasteiger charge is -2.23. The largest absolute Gasteiger partial charge is 0.370 e. The molecule has 2 rings (SSSR count). The lowest BCUT2D eigenvalue weighted by molar-refractivity contribution is 0.0949. The number of carbonyl (C=O) groups excluding carboxylic acids is 1. The number of likely N-dealkylation sites (N-methyl/N-ethyl adjacent to an activating group) is 1. The Morgan fingerprint density at radius 2 is 2.09 bits per heavy atom. The molecule has 0 unspecified atom stereocenters. The third-order valence-electron chi connectivity index (χ3n) is 3.42. The highest BCUT2D eigenvalue weighted by atomic mass is 16.1. The van der Waals surface area contributed by atoms with Crippen LogP contribution < -0.4 is 10.2 Å². The Kier molecular flexibility index (Phi) is 5.47. The van der Waals surface area contributed by atoms with Crippen molar-refractivity contribution in [1.82, 2.24) is 15.3 Å². The summed E-state index contributed by atoms with van der Waals surface area (Å²) in [6, 6.07) is 10.00. The summed E-state index contributed by atoms with van der Waals surface area (Å²) < 4.78 is 0. The molecule has 1 aromatic carbocycles. The molecule has 0 aliphatic carbocycles. The van der Waals surface area contributed by atoms with Crippen LogP contribution in [0.15, 0.2) is 36.5 Å². The number of rotatable bonds is 6. The van der Waals surface area contributed by atoms with Gasteiger partial charge in [0, 0.05) is 31.5 Å². The molecule has 5 heteroatoms. The zero-order valence-corrected chi connectivity index (χ0v) is 13.3. The van der Waals surface area contributed by atoms with E-state index in [1.807, 2.05) is 0 Å². The average Bonchev–Trinajstić information content (AvgIpc) is 2.51. The number of benzene rings is 1. The van der Waals surface area contributed by atoms with E-state index in [0.29, 0.717) is 18.1 Å². The van der Waals surface area contributed by atoms with Crippen LogP contribution in [-0.4, -0.2) is 35.5 Å². The first kappa shape index (κ1) is 15.9. The molecule has 1 N–H and O–H groups in total. The van der Waals surface area contributed by atoms with Gasteiger partial charge in [-0.1, -0.05) is 12.1 Å². The van der Waals surface area contributed by atoms with Crippen molar-refractivity contribution in [2.24, 2.45) is 0 Å². The Bertz CT molecular complexity index is 642. The summed E-state index contributed by atoms with van der Waals surface area (Å²) in [5.41, 5.74) is 2.82. The summed E-state index contributed by atoms with van der Waals surface area (Å²) >= 11 is 0. The summed E-state index contributed by atoms with van der Waals surface area (Å²) in [5, 5.41) is 2.90. The molecule has 0 saturated heterocycles. The van der Waals surface area contributed by atoms with E-state index in [9.17, 15) is 4.79 Å². The Labute approximate surface area is 131 Å². The van der Waals surface area contributed by atoms with Gasteiger partial charge in [0.1, 0.15) is 11.5 Å². The number of nitrogens with one attached hydrogen (secondary N) is 1. The van der Waals surface area contributed by atoms with Crippen molar-refractivity contribution in [3.63, 3.8) is 0 Å². The van der Waals surface area contributed by atoms with Gasteiger partial charge in [0.25, 0.3) is 5.91 Å². The number of nitrogens with zero attached hydrogens (tertiary/aromatic N) is 3. The molecule has 0 spiro atoms. The maximum absolute atomic E-state index is 12.0. The van der Waals surface area contributed by atoms with Crippen LogP contribution in [-0.2, 0) is 0 Å². The molecule has 2 aromatic rings. The monoisotopic (exact) mass is 298 g/mol. The Morgan fingerprint density at radius 1 is 1.27 bits per heavy atom. The molecular formula is C17H22N4O. The quantitative estimate of drug-likeness (QED) is 0.889. The van der Waals surface area contributed by atoms with Gasteiger partial charge >= 0.3 is 0 Å². The first-order valence-electron chi connectivity index (χ1n) is 7.49. The molecule has 0 bridgehead atoms. The molecule has 0 aliphatic heterocycles. The van der Waals surface area contributed by atoms with Crippen molar-refractivity contribution in [3.05, 3.63) is 53.6 Å². The van der Waals surface area contributed by atoms with Crippen LogP contribution in [0, 0.1) is 13.8 Å². The highest BCUT2D eigenvalue weighted by Gasteiger charge is 2.09. The van der Waals surface area contributed by atoms with Gasteiger partial charge in [-0.25, -0.2) is 9.97 Å². The predicted molar refractivity (Wildman–Crippen MR) is 88.2 cm³/mol. The van der Waals surface area contributed by atoms with Crippen LogP contribution in [0.1, 0.15) is 28.8 Å². The van der Waals surface area contributed by atoms with Gasteiger partial charge in [0.2, 0.25) is 0 Å². The fourth-order valence-corrected chi connectivity index (χ4v) is 2.27. The standard InChI is InChI=1S/C17H22N4O/c1-4-21(15-7-5-6-13(2)12-15)11-10-19-17(22)16-8-9-18-14(3)20-16/h5-9,12H,4,10-11H2,1-3H3,(H,19,22). The number of anilines is 1. The zero-order chi connectivity index (χ0) is 15.9. The number of amides is 1. The van der Waals surface area contributed by atoms with Crippen LogP contribution in [0.4, 0.5) is 5.69 Å². The minimum absolute atomic E-state index is 0.161. The maximum atomic E-state index is 12.0. The fourth-order valence-electron chi connectivity index (χ4n) is 2.27. The molecule has 116 valence electrons. The number of carbonyl (C=O) groups is 1. The summed E-state index contributed by atoms with van der Waals surface area (Å²) in [7, 11) is 0. The molecule has 5 nitrogen and oxygen atoms in total. The lowest BCUT2D eigenvalue weighted by atomic mass is 10.2. The SMILES string of the molecule is CCN(CCNC(=O)c1ccnc(C)n1)c1cccc(C)c1. The van der Waals surface area contributed by atoms with E-state index in [1.165, 1.54) is 11.3 Å². The second kappa shape index (κ2) is 7.54. The van der Waals surface area contributed by atoms with Crippen molar-refractivity contribution in [2.75, 3.05) is 24.5 Å². The summed E-state index contributed by atoms with van der Waals surface area (Å²) in [6.45, 7) is 8.19. The van der Waals surface area contributed by atoms with Crippen LogP contribution >= 0.6 is 0 Å². The van der Waals surface area contributed by atoms with Crippen molar-refractivity contribution in [1.29, 1.82) is 0 Å². The van der Waals surface area contributed by atoms with Gasteiger partial charge in [-0.05, 0) is 44.5 Å². The minimum atomic E-state index is -0.161. The Balaban J connectivity index is 1.90. The lowest BCUT2D eigenvalue weighted by Crippen LogP contribution is -2.35. The van der Waals surface area contributed by atoms with E-state index in [1.54, 1.807) is 19.2 Å². The summed E-state index contributed by atoms with van der Waals surface area (Å²) in [6.07, 6.45) is 1.60. The molecular weight excluding hydrogens is 276 g/mol. The molecule has 1 aromatic heterocycles. The first-order valence-corrected chi connectivity index (χ1v) is 7.49. The van der Waals surface area contributed by atoms with E-state index >= 15 is 0 Å². The van der Waals surface area contributed by atoms with E-state index in [2.05, 4.69) is 58.3 Å². The van der Waals surface area contributed by atoms with E-state index in [-0.39, 0.29) is 5.91 Å². The van der Waals surface area contributed by atoms with Crippen molar-refractivity contribution < 1.29 is 4.79 Å². The number of aryl methyl sites for hydroxylation is 2. The molecule has 0 saturated carbocycles. The molecule has 1 heterocycles. The Hall–Kier alpha value is -2.43. The second-order valence-corrected chi connectivity index (χ2v) is 5.16. The summed E-state index contributed by atoms with van der Waals surface area (Å²) in [4.78, 5) is 22.4.